The third-order valence-corrected chi connectivity index (χ3v) is 3.69. The lowest BCUT2D eigenvalue weighted by Crippen LogP contribution is -2.19. The number of hydrogen-bond donors (Lipinski definition) is 1. The van der Waals surface area contributed by atoms with Crippen molar-refractivity contribution in [3.63, 3.8) is 0 Å². The second-order valence-electron chi connectivity index (χ2n) is 4.46. The van der Waals surface area contributed by atoms with Crippen molar-refractivity contribution in [3.05, 3.63) is 28.8 Å². The largest absolute Gasteiger partial charge is 0.496 e. The SMILES string of the molecule is COc1ccc(Cl)cc1[C@@H](N)C1CCCC1. The first kappa shape index (κ1) is 11.7. The van der Waals surface area contributed by atoms with E-state index in [1.807, 2.05) is 18.2 Å². The summed E-state index contributed by atoms with van der Waals surface area (Å²) in [6, 6.07) is 5.72. The Morgan fingerprint density at radius 3 is 2.69 bits per heavy atom. The Kier molecular flexibility index (Phi) is 3.72. The van der Waals surface area contributed by atoms with Crippen LogP contribution in [-0.4, -0.2) is 7.11 Å². The maximum absolute atomic E-state index is 6.31. The van der Waals surface area contributed by atoms with Crippen molar-refractivity contribution in [3.8, 4) is 5.75 Å². The zero-order chi connectivity index (χ0) is 11.5. The van der Waals surface area contributed by atoms with Gasteiger partial charge in [0.25, 0.3) is 0 Å². The van der Waals surface area contributed by atoms with Gasteiger partial charge in [-0.2, -0.15) is 0 Å². The maximum Gasteiger partial charge on any atom is 0.123 e. The molecule has 0 bridgehead atoms. The summed E-state index contributed by atoms with van der Waals surface area (Å²) in [6.07, 6.45) is 5.02. The number of rotatable bonds is 3. The molecule has 0 spiro atoms. The lowest BCUT2D eigenvalue weighted by molar-refractivity contribution is 0.385. The fraction of sp³-hybridized carbons (Fsp3) is 0.538. The molecule has 1 atom stereocenters. The third kappa shape index (κ3) is 2.33. The molecule has 0 heterocycles. The topological polar surface area (TPSA) is 35.2 Å². The van der Waals surface area contributed by atoms with E-state index in [4.69, 9.17) is 22.1 Å². The summed E-state index contributed by atoms with van der Waals surface area (Å²) in [5.41, 5.74) is 7.35. The Morgan fingerprint density at radius 2 is 2.06 bits per heavy atom. The van der Waals surface area contributed by atoms with Crippen LogP contribution in [0.3, 0.4) is 0 Å². The number of halogens is 1. The molecule has 16 heavy (non-hydrogen) atoms. The van der Waals surface area contributed by atoms with Crippen molar-refractivity contribution >= 4 is 11.6 Å². The van der Waals surface area contributed by atoms with Gasteiger partial charge in [0.15, 0.2) is 0 Å². The standard InChI is InChI=1S/C13H18ClNO/c1-16-12-7-6-10(14)8-11(12)13(15)9-4-2-3-5-9/h6-9,13H,2-5,15H2,1H3/t13-/m0/s1. The molecule has 0 unspecified atom stereocenters. The van der Waals surface area contributed by atoms with E-state index in [-0.39, 0.29) is 6.04 Å². The van der Waals surface area contributed by atoms with Crippen molar-refractivity contribution in [2.75, 3.05) is 7.11 Å². The molecular formula is C13H18ClNO. The van der Waals surface area contributed by atoms with Gasteiger partial charge < -0.3 is 10.5 Å². The average molecular weight is 240 g/mol. The summed E-state index contributed by atoms with van der Waals surface area (Å²) in [5.74, 6) is 1.43. The van der Waals surface area contributed by atoms with Gasteiger partial charge in [-0.25, -0.2) is 0 Å². The smallest absolute Gasteiger partial charge is 0.123 e. The van der Waals surface area contributed by atoms with E-state index < -0.39 is 0 Å². The molecule has 1 aromatic carbocycles. The molecule has 88 valence electrons. The number of benzene rings is 1. The summed E-state index contributed by atoms with van der Waals surface area (Å²) >= 11 is 6.01. The summed E-state index contributed by atoms with van der Waals surface area (Å²) < 4.78 is 5.34. The second-order valence-corrected chi connectivity index (χ2v) is 4.89. The molecule has 1 aliphatic carbocycles. The van der Waals surface area contributed by atoms with Crippen molar-refractivity contribution in [2.24, 2.45) is 11.7 Å². The van der Waals surface area contributed by atoms with Crippen LogP contribution in [0.25, 0.3) is 0 Å². The van der Waals surface area contributed by atoms with Crippen molar-refractivity contribution in [2.45, 2.75) is 31.7 Å². The van der Waals surface area contributed by atoms with E-state index in [2.05, 4.69) is 0 Å². The van der Waals surface area contributed by atoms with Gasteiger partial charge in [-0.3, -0.25) is 0 Å². The van der Waals surface area contributed by atoms with E-state index in [1.165, 1.54) is 25.7 Å². The molecule has 0 aliphatic heterocycles. The van der Waals surface area contributed by atoms with Crippen LogP contribution >= 0.6 is 11.6 Å². The summed E-state index contributed by atoms with van der Waals surface area (Å²) in [6.45, 7) is 0. The van der Waals surface area contributed by atoms with Crippen molar-refractivity contribution in [1.29, 1.82) is 0 Å². The van der Waals surface area contributed by atoms with E-state index in [9.17, 15) is 0 Å². The third-order valence-electron chi connectivity index (χ3n) is 3.46. The molecule has 2 N–H and O–H groups in total. The minimum Gasteiger partial charge on any atom is -0.496 e. The lowest BCUT2D eigenvalue weighted by Gasteiger charge is -2.21. The Bertz CT molecular complexity index is 361. The molecule has 0 radical (unpaired) electrons. The molecule has 0 saturated heterocycles. The normalized spacial score (nSPS) is 18.7. The fourth-order valence-corrected chi connectivity index (χ4v) is 2.72. The number of nitrogens with two attached hydrogens (primary N) is 1. The Morgan fingerprint density at radius 1 is 1.38 bits per heavy atom. The predicted octanol–water partition coefficient (Wildman–Crippen LogP) is 3.54. The van der Waals surface area contributed by atoms with Crippen molar-refractivity contribution in [1.82, 2.24) is 0 Å². The van der Waals surface area contributed by atoms with E-state index in [1.54, 1.807) is 7.11 Å². The quantitative estimate of drug-likeness (QED) is 0.876. The van der Waals surface area contributed by atoms with Gasteiger partial charge in [0.2, 0.25) is 0 Å². The predicted molar refractivity (Wildman–Crippen MR) is 66.9 cm³/mol. The maximum atomic E-state index is 6.31. The second kappa shape index (κ2) is 5.07. The van der Waals surface area contributed by atoms with Gasteiger partial charge in [0.1, 0.15) is 5.75 Å². The zero-order valence-corrected chi connectivity index (χ0v) is 10.3. The van der Waals surface area contributed by atoms with Crippen molar-refractivity contribution < 1.29 is 4.74 Å². The highest BCUT2D eigenvalue weighted by atomic mass is 35.5. The molecular weight excluding hydrogens is 222 g/mol. The molecule has 1 aromatic rings. The lowest BCUT2D eigenvalue weighted by atomic mass is 9.92. The number of ether oxygens (including phenoxy) is 1. The minimum absolute atomic E-state index is 0.0520. The van der Waals surface area contributed by atoms with E-state index in [0.717, 1.165) is 16.3 Å². The highest BCUT2D eigenvalue weighted by Crippen LogP contribution is 2.38. The molecule has 1 aliphatic rings. The van der Waals surface area contributed by atoms with Crippen LogP contribution in [0.15, 0.2) is 18.2 Å². The molecule has 1 fully saturated rings. The van der Waals surface area contributed by atoms with Gasteiger partial charge in [0, 0.05) is 16.6 Å². The molecule has 1 saturated carbocycles. The van der Waals surface area contributed by atoms with Crippen LogP contribution in [0.1, 0.15) is 37.3 Å². The number of hydrogen-bond acceptors (Lipinski definition) is 2. The summed E-state index contributed by atoms with van der Waals surface area (Å²) in [4.78, 5) is 0. The Labute approximate surface area is 102 Å². The average Bonchev–Trinajstić information content (AvgIpc) is 2.81. The zero-order valence-electron chi connectivity index (χ0n) is 9.58. The molecule has 0 amide bonds. The molecule has 2 nitrogen and oxygen atoms in total. The first-order chi connectivity index (χ1) is 7.72. The van der Waals surface area contributed by atoms with Gasteiger partial charge in [-0.15, -0.1) is 0 Å². The summed E-state index contributed by atoms with van der Waals surface area (Å²) in [5, 5.41) is 0.726. The molecule has 3 heteroatoms. The van der Waals surface area contributed by atoms with Crippen LogP contribution < -0.4 is 10.5 Å². The van der Waals surface area contributed by atoms with Crippen LogP contribution in [0, 0.1) is 5.92 Å². The first-order valence-electron chi connectivity index (χ1n) is 5.81. The fourth-order valence-electron chi connectivity index (χ4n) is 2.54. The molecule has 0 aromatic heterocycles. The van der Waals surface area contributed by atoms with Gasteiger partial charge in [-0.1, -0.05) is 24.4 Å². The Hall–Kier alpha value is -0.730. The highest BCUT2D eigenvalue weighted by Gasteiger charge is 2.25. The van der Waals surface area contributed by atoms with Crippen LogP contribution in [0.5, 0.6) is 5.75 Å². The molecule has 2 rings (SSSR count). The van der Waals surface area contributed by atoms with Gasteiger partial charge >= 0.3 is 0 Å². The van der Waals surface area contributed by atoms with E-state index >= 15 is 0 Å². The van der Waals surface area contributed by atoms with Crippen LogP contribution in [0.4, 0.5) is 0 Å². The Balaban J connectivity index is 2.26. The first-order valence-corrected chi connectivity index (χ1v) is 6.19. The van der Waals surface area contributed by atoms with Gasteiger partial charge in [-0.05, 0) is 37.0 Å². The van der Waals surface area contributed by atoms with Crippen LogP contribution in [-0.2, 0) is 0 Å². The van der Waals surface area contributed by atoms with Gasteiger partial charge in [0.05, 0.1) is 7.11 Å². The summed E-state index contributed by atoms with van der Waals surface area (Å²) in [7, 11) is 1.67. The number of methoxy groups -OCH3 is 1. The van der Waals surface area contributed by atoms with Crippen LogP contribution in [0.2, 0.25) is 5.02 Å². The van der Waals surface area contributed by atoms with E-state index in [0.29, 0.717) is 5.92 Å². The highest BCUT2D eigenvalue weighted by molar-refractivity contribution is 6.30. The monoisotopic (exact) mass is 239 g/mol. The minimum atomic E-state index is 0.0520.